The molecule has 0 unspecified atom stereocenters. The molecule has 0 aromatic heterocycles. The zero-order chi connectivity index (χ0) is 20.1. The van der Waals surface area contributed by atoms with Gasteiger partial charge in [0.2, 0.25) is 0 Å². The van der Waals surface area contributed by atoms with Gasteiger partial charge in [0.25, 0.3) is 0 Å². The van der Waals surface area contributed by atoms with Crippen molar-refractivity contribution < 1.29 is 19.4 Å². The highest BCUT2D eigenvalue weighted by molar-refractivity contribution is 5.91. The highest BCUT2D eigenvalue weighted by atomic mass is 16.5. The lowest BCUT2D eigenvalue weighted by atomic mass is 9.85. The van der Waals surface area contributed by atoms with E-state index >= 15 is 0 Å². The van der Waals surface area contributed by atoms with Crippen molar-refractivity contribution in [2.45, 2.75) is 58.0 Å². The Labute approximate surface area is 166 Å². The molecule has 0 atom stereocenters. The topological polar surface area (TPSA) is 90.9 Å². The Morgan fingerprint density at radius 1 is 1.29 bits per heavy atom. The first kappa shape index (κ1) is 20.5. The van der Waals surface area contributed by atoms with E-state index in [9.17, 15) is 9.59 Å². The van der Waals surface area contributed by atoms with Crippen LogP contribution in [-0.4, -0.2) is 53.8 Å². The highest BCUT2D eigenvalue weighted by Crippen LogP contribution is 2.34. The van der Waals surface area contributed by atoms with Crippen LogP contribution < -0.4 is 15.4 Å². The van der Waals surface area contributed by atoms with Crippen molar-refractivity contribution in [2.24, 2.45) is 5.92 Å². The number of amides is 2. The van der Waals surface area contributed by atoms with E-state index in [0.29, 0.717) is 24.0 Å². The van der Waals surface area contributed by atoms with Gasteiger partial charge in [-0.3, -0.25) is 9.69 Å². The highest BCUT2D eigenvalue weighted by Gasteiger charge is 2.37. The number of rotatable bonds is 10. The average Bonchev–Trinajstić information content (AvgIpc) is 3.41. The second-order valence-electron chi connectivity index (χ2n) is 8.04. The van der Waals surface area contributed by atoms with Crippen molar-refractivity contribution in [2.75, 3.05) is 25.0 Å². The number of carboxylic acids is 1. The van der Waals surface area contributed by atoms with E-state index in [1.54, 1.807) is 0 Å². The van der Waals surface area contributed by atoms with E-state index in [4.69, 9.17) is 9.84 Å². The van der Waals surface area contributed by atoms with Crippen molar-refractivity contribution >= 4 is 17.7 Å². The van der Waals surface area contributed by atoms with E-state index in [2.05, 4.69) is 15.5 Å². The van der Waals surface area contributed by atoms with Crippen LogP contribution in [0.5, 0.6) is 5.75 Å². The third kappa shape index (κ3) is 5.86. The Morgan fingerprint density at radius 2 is 2.04 bits per heavy atom. The van der Waals surface area contributed by atoms with E-state index in [-0.39, 0.29) is 24.7 Å². The molecule has 0 aliphatic heterocycles. The number of hydrogen-bond acceptors (Lipinski definition) is 4. The third-order valence-corrected chi connectivity index (χ3v) is 5.34. The number of anilines is 1. The van der Waals surface area contributed by atoms with Crippen LogP contribution in [0.3, 0.4) is 0 Å². The predicted molar refractivity (Wildman–Crippen MR) is 108 cm³/mol. The number of carbonyl (C=O) groups excluding carboxylic acids is 1. The third-order valence-electron chi connectivity index (χ3n) is 5.34. The summed E-state index contributed by atoms with van der Waals surface area (Å²) in [5.74, 6) is 0.548. The lowest BCUT2D eigenvalue weighted by molar-refractivity contribution is -0.139. The quantitative estimate of drug-likeness (QED) is 0.571. The van der Waals surface area contributed by atoms with Gasteiger partial charge in [0.1, 0.15) is 5.75 Å². The molecule has 0 radical (unpaired) electrons. The maximum Gasteiger partial charge on any atom is 0.319 e. The molecule has 154 valence electrons. The Kier molecular flexibility index (Phi) is 6.78. The maximum absolute atomic E-state index is 12.4. The molecule has 3 N–H and O–H groups in total. The molecule has 0 heterocycles. The number of hydrogen-bond donors (Lipinski definition) is 3. The number of urea groups is 1. The van der Waals surface area contributed by atoms with Crippen molar-refractivity contribution in [1.29, 1.82) is 0 Å². The summed E-state index contributed by atoms with van der Waals surface area (Å²) in [7, 11) is 0. The monoisotopic (exact) mass is 389 g/mol. The van der Waals surface area contributed by atoms with Gasteiger partial charge in [-0.1, -0.05) is 13.0 Å². The molecule has 1 aromatic carbocycles. The van der Waals surface area contributed by atoms with Gasteiger partial charge < -0.3 is 20.5 Å². The molecule has 0 bridgehead atoms. The van der Waals surface area contributed by atoms with Gasteiger partial charge in [-0.2, -0.15) is 0 Å². The smallest absolute Gasteiger partial charge is 0.319 e. The normalized spacial score (nSPS) is 21.1. The van der Waals surface area contributed by atoms with Crippen LogP contribution in [0.4, 0.5) is 10.5 Å². The minimum atomic E-state index is -0.784. The molecule has 2 aliphatic carbocycles. The molecule has 3 rings (SSSR count). The van der Waals surface area contributed by atoms with E-state index in [1.807, 2.05) is 32.0 Å². The first-order valence-electron chi connectivity index (χ1n) is 10.2. The van der Waals surface area contributed by atoms with Crippen LogP contribution in [0.2, 0.25) is 0 Å². The molecular weight excluding hydrogens is 358 g/mol. The van der Waals surface area contributed by atoms with Crippen molar-refractivity contribution in [3.05, 3.63) is 23.8 Å². The van der Waals surface area contributed by atoms with E-state index in [0.717, 1.165) is 31.4 Å². The van der Waals surface area contributed by atoms with Gasteiger partial charge >= 0.3 is 12.0 Å². The van der Waals surface area contributed by atoms with Gasteiger partial charge in [-0.05, 0) is 62.6 Å². The lowest BCUT2D eigenvalue weighted by Gasteiger charge is -2.42. The molecule has 2 fully saturated rings. The summed E-state index contributed by atoms with van der Waals surface area (Å²) in [5, 5.41) is 15.0. The zero-order valence-corrected chi connectivity index (χ0v) is 16.7. The van der Waals surface area contributed by atoms with Crippen LogP contribution in [0.25, 0.3) is 0 Å². The standard InChI is InChI=1S/C21H31N3O4/c1-3-8-28-19-9-14(2)4-7-18(19)23-21(27)22-16-10-17(11-16)24(13-20(25)26)12-15-5-6-15/h4,7,9,15-17H,3,5-6,8,10-13H2,1-2H3,(H,25,26)(H2,22,23,27). The fraction of sp³-hybridized carbons (Fsp3) is 0.619. The fourth-order valence-corrected chi connectivity index (χ4v) is 3.56. The van der Waals surface area contributed by atoms with Crippen LogP contribution in [-0.2, 0) is 4.79 Å². The first-order valence-corrected chi connectivity index (χ1v) is 10.2. The largest absolute Gasteiger partial charge is 0.491 e. The molecule has 1 aromatic rings. The Bertz CT molecular complexity index is 699. The summed E-state index contributed by atoms with van der Waals surface area (Å²) >= 11 is 0. The SMILES string of the molecule is CCCOc1cc(C)ccc1NC(=O)NC1CC(N(CC(=O)O)CC2CC2)C1. The maximum atomic E-state index is 12.4. The second kappa shape index (κ2) is 9.28. The summed E-state index contributed by atoms with van der Waals surface area (Å²) in [6.07, 6.45) is 4.88. The average molecular weight is 389 g/mol. The molecule has 7 heteroatoms. The van der Waals surface area contributed by atoms with Crippen LogP contribution >= 0.6 is 0 Å². The number of benzene rings is 1. The second-order valence-corrected chi connectivity index (χ2v) is 8.04. The van der Waals surface area contributed by atoms with Crippen molar-refractivity contribution in [1.82, 2.24) is 10.2 Å². The predicted octanol–water partition coefficient (Wildman–Crippen LogP) is 3.23. The molecule has 0 saturated heterocycles. The van der Waals surface area contributed by atoms with Gasteiger partial charge in [-0.15, -0.1) is 0 Å². The lowest BCUT2D eigenvalue weighted by Crippen LogP contribution is -2.55. The Balaban J connectivity index is 1.48. The van der Waals surface area contributed by atoms with Crippen LogP contribution in [0.15, 0.2) is 18.2 Å². The molecule has 0 spiro atoms. The summed E-state index contributed by atoms with van der Waals surface area (Å²) in [4.78, 5) is 25.6. The minimum Gasteiger partial charge on any atom is -0.491 e. The van der Waals surface area contributed by atoms with Gasteiger partial charge in [0.05, 0.1) is 18.8 Å². The van der Waals surface area contributed by atoms with E-state index in [1.165, 1.54) is 12.8 Å². The van der Waals surface area contributed by atoms with Gasteiger partial charge in [-0.25, -0.2) is 4.79 Å². The number of aliphatic carboxylic acids is 1. The van der Waals surface area contributed by atoms with Crippen LogP contribution in [0, 0.1) is 12.8 Å². The minimum absolute atomic E-state index is 0.0750. The molecular formula is C21H31N3O4. The molecule has 28 heavy (non-hydrogen) atoms. The van der Waals surface area contributed by atoms with E-state index < -0.39 is 5.97 Å². The summed E-state index contributed by atoms with van der Waals surface area (Å²) in [5.41, 5.74) is 1.74. The number of carboxylic acid groups (broad SMARTS) is 1. The summed E-state index contributed by atoms with van der Waals surface area (Å²) in [6, 6.07) is 5.78. The number of aryl methyl sites for hydroxylation is 1. The Morgan fingerprint density at radius 3 is 2.68 bits per heavy atom. The summed E-state index contributed by atoms with van der Waals surface area (Å²) < 4.78 is 5.74. The summed E-state index contributed by atoms with van der Waals surface area (Å²) in [6.45, 7) is 5.57. The van der Waals surface area contributed by atoms with Gasteiger partial charge in [0, 0.05) is 18.6 Å². The number of carbonyl (C=O) groups is 2. The van der Waals surface area contributed by atoms with Gasteiger partial charge in [0.15, 0.2) is 0 Å². The fourth-order valence-electron chi connectivity index (χ4n) is 3.56. The molecule has 2 aliphatic rings. The molecule has 2 saturated carbocycles. The number of nitrogens with one attached hydrogen (secondary N) is 2. The zero-order valence-electron chi connectivity index (χ0n) is 16.7. The van der Waals surface area contributed by atoms with Crippen molar-refractivity contribution in [3.63, 3.8) is 0 Å². The Hall–Kier alpha value is -2.28. The number of nitrogens with zero attached hydrogens (tertiary/aromatic N) is 1. The number of ether oxygens (including phenoxy) is 1. The molecule has 7 nitrogen and oxygen atoms in total. The van der Waals surface area contributed by atoms with Crippen molar-refractivity contribution in [3.8, 4) is 5.75 Å². The molecule has 2 amide bonds. The first-order chi connectivity index (χ1) is 13.4. The van der Waals surface area contributed by atoms with Crippen LogP contribution in [0.1, 0.15) is 44.6 Å².